The molecule has 0 amide bonds. The molecule has 125 heavy (non-hydrogen) atoms. The van der Waals surface area contributed by atoms with Crippen LogP contribution in [-0.4, -0.2) is 91.3 Å². The van der Waals surface area contributed by atoms with Crippen LogP contribution in [0.1, 0.15) is 131 Å². The highest BCUT2D eigenvalue weighted by Crippen LogP contribution is 2.37. The zero-order valence-corrected chi connectivity index (χ0v) is 72.2. The van der Waals surface area contributed by atoms with Crippen LogP contribution in [0.25, 0.3) is 33.8 Å². The van der Waals surface area contributed by atoms with E-state index in [0.717, 1.165) is 119 Å². The molecule has 15 rings (SSSR count). The topological polar surface area (TPSA) is 268 Å². The van der Waals surface area contributed by atoms with E-state index in [1.54, 1.807) is 49.3 Å². The number of rotatable bonds is 16. The number of aromatic nitrogens is 10. The minimum absolute atomic E-state index is 0.196. The van der Waals surface area contributed by atoms with Gasteiger partial charge in [-0.3, -0.25) is 64.0 Å². The van der Waals surface area contributed by atoms with Gasteiger partial charge in [0.05, 0.1) is 130 Å². The number of nitrogens with two attached hydrogens (primary N) is 2. The minimum atomic E-state index is -0.889. The molecule has 29 heteroatoms. The zero-order chi connectivity index (χ0) is 90.2. The van der Waals surface area contributed by atoms with Crippen molar-refractivity contribution in [2.24, 2.45) is 0 Å². The summed E-state index contributed by atoms with van der Waals surface area (Å²) >= 11 is 5.32. The highest BCUT2D eigenvalue weighted by atomic mass is 127. The van der Waals surface area contributed by atoms with Gasteiger partial charge < -0.3 is 20.8 Å². The van der Waals surface area contributed by atoms with Crippen molar-refractivity contribution in [3.05, 3.63) is 383 Å². The first-order valence-corrected chi connectivity index (χ1v) is 40.1. The predicted molar refractivity (Wildman–Crippen MR) is 475 cm³/mol. The number of anilines is 2. The van der Waals surface area contributed by atoms with Gasteiger partial charge in [0.15, 0.2) is 23.1 Å². The second kappa shape index (κ2) is 43.5. The third kappa shape index (κ3) is 25.8. The number of ketones is 4. The summed E-state index contributed by atoms with van der Waals surface area (Å²) in [7, 11) is -0.330. The van der Waals surface area contributed by atoms with E-state index in [1.807, 2.05) is 113 Å². The molecule has 0 spiro atoms. The molecule has 0 bridgehead atoms. The molecule has 14 aromatic rings. The number of carbonyl (C=O) groups is 4. The van der Waals surface area contributed by atoms with Crippen LogP contribution in [0.15, 0.2) is 249 Å². The number of Topliss-reactive ketones (excluding diaryl/α,β-unsaturated/α-hetero) is 4. The van der Waals surface area contributed by atoms with Crippen LogP contribution in [0.4, 0.5) is 46.5 Å². The summed E-state index contributed by atoms with van der Waals surface area (Å²) in [5.41, 5.74) is 23.7. The number of pyridine rings is 2. The van der Waals surface area contributed by atoms with E-state index in [4.69, 9.17) is 27.2 Å². The van der Waals surface area contributed by atoms with Gasteiger partial charge in [0.2, 0.25) is 0 Å². The van der Waals surface area contributed by atoms with Gasteiger partial charge in [0.25, 0.3) is 0 Å². The molecular formula is C96H77BBrF8IN12O6. The van der Waals surface area contributed by atoms with Gasteiger partial charge in [-0.05, 0) is 237 Å². The van der Waals surface area contributed by atoms with Gasteiger partial charge in [0, 0.05) is 91.7 Å². The van der Waals surface area contributed by atoms with E-state index in [0.29, 0.717) is 50.1 Å². The molecule has 0 saturated carbocycles. The molecule has 1 aliphatic heterocycles. The van der Waals surface area contributed by atoms with E-state index >= 15 is 0 Å². The van der Waals surface area contributed by atoms with E-state index in [1.165, 1.54) is 61.4 Å². The Morgan fingerprint density at radius 3 is 1.08 bits per heavy atom. The third-order valence-electron chi connectivity index (χ3n) is 19.3. The second-order valence-corrected chi connectivity index (χ2v) is 31.0. The number of carbonyl (C=O) groups excluding carboxylic acids is 4. The van der Waals surface area contributed by atoms with Crippen LogP contribution in [0, 0.1) is 102 Å². The first kappa shape index (κ1) is 93.7. The Bertz CT molecular complexity index is 6080. The molecule has 7 heterocycles. The Balaban J connectivity index is 0.000000162. The van der Waals surface area contributed by atoms with Crippen molar-refractivity contribution in [2.45, 2.75) is 92.3 Å². The summed E-state index contributed by atoms with van der Waals surface area (Å²) in [5, 5.41) is 0. The third-order valence-corrected chi connectivity index (χ3v) is 20.4. The van der Waals surface area contributed by atoms with Gasteiger partial charge in [-0.15, -0.1) is 6.42 Å². The number of nitrogens with zero attached hydrogens (tertiary/aromatic N) is 10. The molecule has 4 N–H and O–H groups in total. The second-order valence-electron chi connectivity index (χ2n) is 28.9. The Kier molecular flexibility index (Phi) is 32.6. The van der Waals surface area contributed by atoms with Crippen LogP contribution in [0.3, 0.4) is 0 Å². The number of terminal acetylenes is 1. The molecule has 1 aliphatic rings. The maximum Gasteiger partial charge on any atom is 0.495 e. The monoisotopic (exact) mass is 1860 g/mol. The average molecular weight is 1860 g/mol. The quantitative estimate of drug-likeness (QED) is 0.0227. The van der Waals surface area contributed by atoms with Crippen LogP contribution in [-0.2, 0) is 35.0 Å². The molecule has 0 atom stereocenters. The number of nitrogen functional groups attached to an aromatic ring is 2. The lowest BCUT2D eigenvalue weighted by molar-refractivity contribution is 0.00578. The first-order chi connectivity index (χ1) is 59.6. The Morgan fingerprint density at radius 1 is 0.392 bits per heavy atom. The van der Waals surface area contributed by atoms with Crippen LogP contribution in [0.5, 0.6) is 0 Å². The minimum Gasteiger partial charge on any atom is -0.399 e. The smallest absolute Gasteiger partial charge is 0.399 e. The predicted octanol–water partition coefficient (Wildman–Crippen LogP) is 19.3. The summed E-state index contributed by atoms with van der Waals surface area (Å²) in [6.07, 6.45) is 22.7. The molecule has 0 aliphatic carbocycles. The van der Waals surface area contributed by atoms with Crippen LogP contribution < -0.4 is 16.9 Å². The average Bonchev–Trinajstić information content (AvgIpc) is 1.62. The molecule has 6 aromatic heterocycles. The molecule has 630 valence electrons. The molecular weight excluding hydrogens is 1790 g/mol. The lowest BCUT2D eigenvalue weighted by Gasteiger charge is -2.32. The van der Waals surface area contributed by atoms with E-state index in [2.05, 4.69) is 134 Å². The van der Waals surface area contributed by atoms with Crippen molar-refractivity contribution in [2.75, 3.05) is 11.5 Å². The van der Waals surface area contributed by atoms with Gasteiger partial charge in [0.1, 0.15) is 51.1 Å². The fourth-order valence-electron chi connectivity index (χ4n) is 11.9. The van der Waals surface area contributed by atoms with Crippen molar-refractivity contribution in [1.82, 2.24) is 49.8 Å². The van der Waals surface area contributed by atoms with Gasteiger partial charge in [-0.2, -0.15) is 0 Å². The largest absolute Gasteiger partial charge is 0.495 e. The normalized spacial score (nSPS) is 11.9. The van der Waals surface area contributed by atoms with Crippen LogP contribution in [0.2, 0.25) is 0 Å². The van der Waals surface area contributed by atoms with E-state index in [9.17, 15) is 54.3 Å². The Labute approximate surface area is 738 Å². The fraction of sp³-hybridized carbons (Fsp3) is 0.146. The maximum absolute atomic E-state index is 13.8. The molecule has 1 saturated heterocycles. The molecule has 1 fully saturated rings. The van der Waals surface area contributed by atoms with Crippen LogP contribution >= 0.6 is 38.5 Å². The van der Waals surface area contributed by atoms with Gasteiger partial charge in [-0.25, -0.2) is 40.1 Å². The highest BCUT2D eigenvalue weighted by Gasteiger charge is 2.52. The molecule has 18 nitrogen and oxygen atoms in total. The summed E-state index contributed by atoms with van der Waals surface area (Å²) in [6, 6.07) is 43.7. The maximum atomic E-state index is 13.8. The Morgan fingerprint density at radius 2 is 0.728 bits per heavy atom. The first-order valence-electron chi connectivity index (χ1n) is 38.2. The van der Waals surface area contributed by atoms with Crippen molar-refractivity contribution in [1.29, 1.82) is 0 Å². The van der Waals surface area contributed by atoms with Crippen molar-refractivity contribution >= 4 is 85.6 Å². The summed E-state index contributed by atoms with van der Waals surface area (Å²) in [5.74, 6) is -1.09. The van der Waals surface area contributed by atoms with Crippen molar-refractivity contribution in [3.8, 4) is 58.0 Å². The summed E-state index contributed by atoms with van der Waals surface area (Å²) in [6.45, 7) is 16.1. The Hall–Kier alpha value is -13.6. The van der Waals surface area contributed by atoms with Gasteiger partial charge >= 0.3 is 7.12 Å². The molecule has 8 aromatic carbocycles. The van der Waals surface area contributed by atoms with Crippen molar-refractivity contribution in [3.63, 3.8) is 0 Å². The summed E-state index contributed by atoms with van der Waals surface area (Å²) in [4.78, 5) is 89.8. The summed E-state index contributed by atoms with van der Waals surface area (Å²) < 4.78 is 123. The van der Waals surface area contributed by atoms with Crippen molar-refractivity contribution < 1.29 is 63.6 Å². The number of aryl methyl sites for hydroxylation is 4. The highest BCUT2D eigenvalue weighted by molar-refractivity contribution is 14.1. The standard InChI is InChI=1S/C26H17F2N3O.C19H13F2IN2O.C19H15F2N3O.C13H20BNO2.C12H7BrF2N2O.C7H5N/c1-17-7-8-18(9-10-19-4-3-11-29-14-19)12-21(17)24-16-30-20(15-31-24)13-25(32)26-22(27)5-2-6-23(26)28;2*1-11-5-6-12(22)7-14(11)17-10-23-13(9-24-17)8-18(25)19-15(20)3-2-4-16(19)21;1-9-6-7-10(15)8-11(9)14-16-12(2,3)13(4,5)17-14;13-11-6-16-7(5-17-11)4-10(18)12-8(14)2-1-3-9(12)15;1-2-7-4-3-5-8-6-7/h2-8,11-12,14-16H,13H2,1H3;2-7,9-10H,8H2,1H3;2-7,9-10H,8,22H2,1H3;6-8H,15H2,1-5H3;1-3,5-6H,4H2;1,3-6H. The lowest BCUT2D eigenvalue weighted by Crippen LogP contribution is -2.41. The zero-order valence-electron chi connectivity index (χ0n) is 68.4. The number of halogens is 10. The van der Waals surface area contributed by atoms with E-state index in [-0.39, 0.29) is 44.0 Å². The number of hydrogen-bond acceptors (Lipinski definition) is 18. The number of benzene rings is 8. The number of hydrogen-bond donors (Lipinski definition) is 2. The SMILES string of the molecule is C#Cc1cccnc1.Cc1ccc(C#Cc2cccnc2)cc1-c1cnc(CC(=O)c2c(F)cccc2F)cn1.Cc1ccc(I)cc1-c1cnc(CC(=O)c2c(F)cccc2F)cn1.Cc1ccc(N)cc1-c1cnc(CC(=O)c2c(F)cccc2F)cn1.Cc1ccc(N)cc1B1OC(C)(C)C(C)(C)O1.O=C(Cc1cnc(Br)cn1)c1c(F)cccc1F. The molecule has 0 unspecified atom stereocenters. The van der Waals surface area contributed by atoms with E-state index < -0.39 is 91.9 Å². The molecule has 0 radical (unpaired) electrons. The lowest BCUT2D eigenvalue weighted by atomic mass is 9.76. The fourth-order valence-corrected chi connectivity index (χ4v) is 12.6. The van der Waals surface area contributed by atoms with Gasteiger partial charge in [-0.1, -0.05) is 71.9 Å².